The van der Waals surface area contributed by atoms with Crippen LogP contribution < -0.4 is 0 Å². The summed E-state index contributed by atoms with van der Waals surface area (Å²) in [4.78, 5) is 36.7. The number of carbonyl (C=O) groups excluding carboxylic acids is 3. The van der Waals surface area contributed by atoms with Crippen LogP contribution in [0.2, 0.25) is 0 Å². The van der Waals surface area contributed by atoms with Crippen LogP contribution in [0.4, 0.5) is 0 Å². The van der Waals surface area contributed by atoms with Gasteiger partial charge in [0.1, 0.15) is 18.4 Å². The summed E-state index contributed by atoms with van der Waals surface area (Å²) in [5.41, 5.74) is 0.261. The van der Waals surface area contributed by atoms with E-state index in [1.165, 1.54) is 6.29 Å². The summed E-state index contributed by atoms with van der Waals surface area (Å²) in [5.74, 6) is 0.712. The zero-order chi connectivity index (χ0) is 16.5. The largest absolute Gasteiger partial charge is 0.303 e. The first-order valence-electron chi connectivity index (χ1n) is 9.04. The molecule has 2 bridgehead atoms. The molecule has 5 rings (SSSR count). The highest BCUT2D eigenvalue weighted by Gasteiger charge is 2.67. The molecule has 3 heteroatoms. The highest BCUT2D eigenvalue weighted by molar-refractivity contribution is 5.87. The second kappa shape index (κ2) is 4.64. The van der Waals surface area contributed by atoms with E-state index in [1.807, 2.05) is 6.92 Å². The fourth-order valence-electron chi connectivity index (χ4n) is 7.06. The second-order valence-electron chi connectivity index (χ2n) is 8.98. The van der Waals surface area contributed by atoms with Gasteiger partial charge in [-0.05, 0) is 55.8 Å². The Morgan fingerprint density at radius 3 is 2.52 bits per heavy atom. The van der Waals surface area contributed by atoms with Crippen LogP contribution >= 0.6 is 0 Å². The fourth-order valence-corrected chi connectivity index (χ4v) is 7.06. The van der Waals surface area contributed by atoms with Gasteiger partial charge in [-0.15, -0.1) is 0 Å². The van der Waals surface area contributed by atoms with E-state index >= 15 is 0 Å². The van der Waals surface area contributed by atoms with E-state index in [9.17, 15) is 14.4 Å². The van der Waals surface area contributed by atoms with Crippen LogP contribution in [0, 0.1) is 34.0 Å². The molecule has 0 N–H and O–H groups in total. The van der Waals surface area contributed by atoms with E-state index in [4.69, 9.17) is 0 Å². The lowest BCUT2D eigenvalue weighted by Crippen LogP contribution is -2.63. The Kier molecular flexibility index (Phi) is 3.09. The summed E-state index contributed by atoms with van der Waals surface area (Å²) in [6, 6.07) is 0. The fraction of sp³-hybridized carbons (Fsp3) is 0.750. The van der Waals surface area contributed by atoms with Gasteiger partial charge in [-0.25, -0.2) is 0 Å². The molecule has 5 aliphatic carbocycles. The lowest BCUT2D eigenvalue weighted by atomic mass is 9.37. The third-order valence-electron chi connectivity index (χ3n) is 8.04. The van der Waals surface area contributed by atoms with Gasteiger partial charge in [-0.3, -0.25) is 4.79 Å². The Balaban J connectivity index is 1.82. The Bertz CT molecular complexity index is 588. The predicted octanol–water partition coefficient (Wildman–Crippen LogP) is 3.51. The maximum atomic E-state index is 12.4. The van der Waals surface area contributed by atoms with Gasteiger partial charge in [0.05, 0.1) is 0 Å². The van der Waals surface area contributed by atoms with Crippen molar-refractivity contribution < 1.29 is 14.4 Å². The SMILES string of the molecule is C=C1C[C@@]23CC[C@@H]4C(C)(C=O)CCCC4(C=O)C2CC1C(=O)C3. The number of fused-ring (bicyclic) bond motifs is 3. The van der Waals surface area contributed by atoms with Crippen LogP contribution in [0.5, 0.6) is 0 Å². The Hall–Kier alpha value is -1.25. The first-order valence-corrected chi connectivity index (χ1v) is 9.04. The standard InChI is InChI=1S/C20H26O3/c1-13-9-19-7-4-16-18(2,11-21)5-3-6-20(16,12-22)17(19)8-14(13)15(23)10-19/h11-12,14,16-17H,1,3-10H2,2H3/t14?,16-,17?,18?,19-,20?/m1/s1. The lowest BCUT2D eigenvalue weighted by Gasteiger charge is -2.66. The molecule has 0 aliphatic heterocycles. The van der Waals surface area contributed by atoms with Gasteiger partial charge in [-0.1, -0.05) is 25.5 Å². The molecular formula is C20H26O3. The first kappa shape index (κ1) is 15.3. The van der Waals surface area contributed by atoms with Gasteiger partial charge in [0, 0.05) is 23.2 Å². The number of allylic oxidation sites excluding steroid dienone is 1. The zero-order valence-corrected chi connectivity index (χ0v) is 14.0. The van der Waals surface area contributed by atoms with E-state index in [2.05, 4.69) is 6.58 Å². The quantitative estimate of drug-likeness (QED) is 0.579. The van der Waals surface area contributed by atoms with Gasteiger partial charge in [0.25, 0.3) is 0 Å². The van der Waals surface area contributed by atoms with Crippen molar-refractivity contribution in [2.45, 2.75) is 58.3 Å². The number of rotatable bonds is 2. The summed E-state index contributed by atoms with van der Waals surface area (Å²) < 4.78 is 0. The number of hydrogen-bond acceptors (Lipinski definition) is 3. The van der Waals surface area contributed by atoms with Crippen LogP contribution in [0.15, 0.2) is 12.2 Å². The van der Waals surface area contributed by atoms with Crippen LogP contribution in [-0.2, 0) is 14.4 Å². The molecule has 1 spiro atoms. The van der Waals surface area contributed by atoms with Gasteiger partial charge in [-0.2, -0.15) is 0 Å². The Morgan fingerprint density at radius 2 is 1.87 bits per heavy atom. The van der Waals surface area contributed by atoms with Crippen molar-refractivity contribution in [1.82, 2.24) is 0 Å². The van der Waals surface area contributed by atoms with Gasteiger partial charge in [0.2, 0.25) is 0 Å². The maximum Gasteiger partial charge on any atom is 0.140 e. The molecule has 0 radical (unpaired) electrons. The second-order valence-corrected chi connectivity index (χ2v) is 8.98. The summed E-state index contributed by atoms with van der Waals surface area (Å²) in [7, 11) is 0. The third kappa shape index (κ3) is 1.74. The van der Waals surface area contributed by atoms with Crippen molar-refractivity contribution in [2.75, 3.05) is 0 Å². The summed E-state index contributed by atoms with van der Waals surface area (Å²) in [6.07, 6.45) is 9.23. The van der Waals surface area contributed by atoms with E-state index < -0.39 is 5.41 Å². The molecule has 0 amide bonds. The average Bonchev–Trinajstić information content (AvgIpc) is 2.53. The molecule has 0 aromatic rings. The highest BCUT2D eigenvalue weighted by Crippen LogP contribution is 2.70. The first-order chi connectivity index (χ1) is 10.9. The molecule has 5 fully saturated rings. The van der Waals surface area contributed by atoms with E-state index in [-0.39, 0.29) is 28.6 Å². The molecular weight excluding hydrogens is 288 g/mol. The van der Waals surface area contributed by atoms with E-state index in [1.54, 1.807) is 0 Å². The zero-order valence-electron chi connectivity index (χ0n) is 14.0. The topological polar surface area (TPSA) is 51.2 Å². The van der Waals surface area contributed by atoms with Crippen LogP contribution in [-0.4, -0.2) is 18.4 Å². The molecule has 5 saturated carbocycles. The van der Waals surface area contributed by atoms with Crippen LogP contribution in [0.3, 0.4) is 0 Å². The minimum absolute atomic E-state index is 0.0399. The average molecular weight is 314 g/mol. The van der Waals surface area contributed by atoms with E-state index in [0.29, 0.717) is 12.2 Å². The monoisotopic (exact) mass is 314 g/mol. The molecule has 3 nitrogen and oxygen atoms in total. The molecule has 0 saturated heterocycles. The smallest absolute Gasteiger partial charge is 0.140 e. The van der Waals surface area contributed by atoms with Crippen molar-refractivity contribution in [3.05, 3.63) is 12.2 Å². The number of ketones is 1. The Labute approximate surface area is 137 Å². The van der Waals surface area contributed by atoms with Gasteiger partial charge >= 0.3 is 0 Å². The maximum absolute atomic E-state index is 12.4. The molecule has 0 aromatic heterocycles. The Morgan fingerprint density at radius 1 is 1.09 bits per heavy atom. The van der Waals surface area contributed by atoms with Crippen molar-refractivity contribution in [2.24, 2.45) is 34.0 Å². The van der Waals surface area contributed by atoms with Gasteiger partial charge < -0.3 is 9.59 Å². The molecule has 0 heterocycles. The van der Waals surface area contributed by atoms with Crippen LogP contribution in [0.1, 0.15) is 58.3 Å². The summed E-state index contributed by atoms with van der Waals surface area (Å²) >= 11 is 0. The van der Waals surface area contributed by atoms with Crippen molar-refractivity contribution >= 4 is 18.4 Å². The van der Waals surface area contributed by atoms with Crippen LogP contribution in [0.25, 0.3) is 0 Å². The molecule has 23 heavy (non-hydrogen) atoms. The minimum atomic E-state index is -0.397. The van der Waals surface area contributed by atoms with E-state index in [0.717, 1.165) is 56.8 Å². The molecule has 5 aliphatic rings. The predicted molar refractivity (Wildman–Crippen MR) is 86.7 cm³/mol. The van der Waals surface area contributed by atoms with Crippen molar-refractivity contribution in [1.29, 1.82) is 0 Å². The van der Waals surface area contributed by atoms with Gasteiger partial charge in [0.15, 0.2) is 0 Å². The number of hydrogen-bond donors (Lipinski definition) is 0. The molecule has 4 unspecified atom stereocenters. The minimum Gasteiger partial charge on any atom is -0.303 e. The molecule has 6 atom stereocenters. The highest BCUT2D eigenvalue weighted by atomic mass is 16.1. The molecule has 124 valence electrons. The summed E-state index contributed by atoms with van der Waals surface area (Å²) in [6.45, 7) is 6.21. The number of Topliss-reactive ketones (excluding diaryl/α,β-unsaturated/α-hetero) is 1. The lowest BCUT2D eigenvalue weighted by molar-refractivity contribution is -0.182. The van der Waals surface area contributed by atoms with Crippen molar-refractivity contribution in [3.63, 3.8) is 0 Å². The third-order valence-corrected chi connectivity index (χ3v) is 8.04. The summed E-state index contributed by atoms with van der Waals surface area (Å²) in [5, 5.41) is 0. The normalized spacial score (nSPS) is 51.8. The number of aldehydes is 2. The number of carbonyl (C=O) groups is 3. The van der Waals surface area contributed by atoms with Crippen molar-refractivity contribution in [3.8, 4) is 0 Å². The molecule has 0 aromatic carbocycles.